The predicted molar refractivity (Wildman–Crippen MR) is 115 cm³/mol. The van der Waals surface area contributed by atoms with Gasteiger partial charge >= 0.3 is 0 Å². The van der Waals surface area contributed by atoms with Gasteiger partial charge in [0.2, 0.25) is 5.91 Å². The Bertz CT molecular complexity index is 789. The van der Waals surface area contributed by atoms with Gasteiger partial charge in [0.05, 0.1) is 6.61 Å². The second-order valence-electron chi connectivity index (χ2n) is 7.50. The Morgan fingerprint density at radius 3 is 2.55 bits per heavy atom. The van der Waals surface area contributed by atoms with Gasteiger partial charge in [0, 0.05) is 26.1 Å². The lowest BCUT2D eigenvalue weighted by molar-refractivity contribution is -0.127. The molecule has 1 saturated heterocycles. The first-order chi connectivity index (χ1) is 14.2. The Labute approximate surface area is 174 Å². The van der Waals surface area contributed by atoms with Crippen LogP contribution in [0.5, 0.6) is 11.5 Å². The summed E-state index contributed by atoms with van der Waals surface area (Å²) < 4.78 is 11.8. The van der Waals surface area contributed by atoms with Gasteiger partial charge < -0.3 is 19.7 Å². The van der Waals surface area contributed by atoms with Gasteiger partial charge in [-0.2, -0.15) is 0 Å². The third kappa shape index (κ3) is 6.50. The van der Waals surface area contributed by atoms with Crippen molar-refractivity contribution in [3.05, 3.63) is 59.2 Å². The summed E-state index contributed by atoms with van der Waals surface area (Å²) in [5, 5.41) is 3.46. The van der Waals surface area contributed by atoms with Crippen LogP contribution >= 0.6 is 0 Å². The topological polar surface area (TPSA) is 50.8 Å². The van der Waals surface area contributed by atoms with Crippen molar-refractivity contribution in [3.8, 4) is 11.5 Å². The van der Waals surface area contributed by atoms with Crippen LogP contribution in [0.4, 0.5) is 0 Å². The van der Waals surface area contributed by atoms with E-state index in [9.17, 15) is 4.79 Å². The van der Waals surface area contributed by atoms with E-state index >= 15 is 0 Å². The SMILES string of the molecule is CCOc1cc(CNCCCN2CCCC2=O)ccc1OCc1ccc(C)cc1. The van der Waals surface area contributed by atoms with Gasteiger partial charge in [-0.05, 0) is 56.5 Å². The number of hydrogen-bond donors (Lipinski definition) is 1. The minimum absolute atomic E-state index is 0.299. The number of ether oxygens (including phenoxy) is 2. The molecule has 1 heterocycles. The normalized spacial score (nSPS) is 13.7. The first-order valence-corrected chi connectivity index (χ1v) is 10.6. The largest absolute Gasteiger partial charge is 0.490 e. The maximum atomic E-state index is 11.6. The highest BCUT2D eigenvalue weighted by Gasteiger charge is 2.18. The summed E-state index contributed by atoms with van der Waals surface area (Å²) in [4.78, 5) is 13.6. The van der Waals surface area contributed by atoms with Gasteiger partial charge in [-0.1, -0.05) is 35.9 Å². The van der Waals surface area contributed by atoms with E-state index in [4.69, 9.17) is 9.47 Å². The van der Waals surface area contributed by atoms with E-state index in [0.29, 0.717) is 25.5 Å². The molecule has 1 aliphatic heterocycles. The van der Waals surface area contributed by atoms with Crippen molar-refractivity contribution in [2.75, 3.05) is 26.2 Å². The summed E-state index contributed by atoms with van der Waals surface area (Å²) in [5.41, 5.74) is 3.54. The van der Waals surface area contributed by atoms with Gasteiger partial charge in [-0.3, -0.25) is 4.79 Å². The van der Waals surface area contributed by atoms with Gasteiger partial charge in [0.1, 0.15) is 6.61 Å². The van der Waals surface area contributed by atoms with E-state index in [-0.39, 0.29) is 0 Å². The van der Waals surface area contributed by atoms with Crippen LogP contribution in [0, 0.1) is 6.92 Å². The van der Waals surface area contributed by atoms with Crippen molar-refractivity contribution >= 4 is 5.91 Å². The molecule has 1 amide bonds. The molecule has 156 valence electrons. The van der Waals surface area contributed by atoms with Crippen LogP contribution in [0.3, 0.4) is 0 Å². The maximum Gasteiger partial charge on any atom is 0.222 e. The van der Waals surface area contributed by atoms with Crippen molar-refractivity contribution in [1.29, 1.82) is 0 Å². The number of carbonyl (C=O) groups excluding carboxylic acids is 1. The van der Waals surface area contributed by atoms with Crippen LogP contribution in [0.1, 0.15) is 42.9 Å². The summed E-state index contributed by atoms with van der Waals surface area (Å²) in [6.45, 7) is 8.60. The molecular formula is C24H32N2O3. The highest BCUT2D eigenvalue weighted by molar-refractivity contribution is 5.77. The number of carbonyl (C=O) groups is 1. The molecule has 5 heteroatoms. The molecule has 0 aromatic heterocycles. The monoisotopic (exact) mass is 396 g/mol. The standard InChI is InChI=1S/C24H32N2O3/c1-3-28-23-16-21(17-25-13-5-15-26-14-4-6-24(26)27)11-12-22(23)29-18-20-9-7-19(2)8-10-20/h7-12,16,25H,3-6,13-15,17-18H2,1-2H3. The first-order valence-electron chi connectivity index (χ1n) is 10.6. The zero-order chi connectivity index (χ0) is 20.5. The Kier molecular flexibility index (Phi) is 7.94. The molecule has 0 spiro atoms. The summed E-state index contributed by atoms with van der Waals surface area (Å²) in [5.74, 6) is 1.85. The minimum atomic E-state index is 0.299. The summed E-state index contributed by atoms with van der Waals surface area (Å²) in [6, 6.07) is 14.5. The lowest BCUT2D eigenvalue weighted by atomic mass is 10.1. The van der Waals surface area contributed by atoms with E-state index < -0.39 is 0 Å². The van der Waals surface area contributed by atoms with Crippen LogP contribution in [0.2, 0.25) is 0 Å². The fourth-order valence-electron chi connectivity index (χ4n) is 3.46. The lowest BCUT2D eigenvalue weighted by Gasteiger charge is -2.16. The van der Waals surface area contributed by atoms with Crippen LogP contribution in [0.15, 0.2) is 42.5 Å². The zero-order valence-corrected chi connectivity index (χ0v) is 17.6. The molecule has 0 atom stereocenters. The fourth-order valence-corrected chi connectivity index (χ4v) is 3.46. The smallest absolute Gasteiger partial charge is 0.222 e. The van der Waals surface area contributed by atoms with Gasteiger partial charge in [-0.25, -0.2) is 0 Å². The molecule has 5 nitrogen and oxygen atoms in total. The number of aryl methyl sites for hydroxylation is 1. The molecule has 0 aliphatic carbocycles. The van der Waals surface area contributed by atoms with Crippen molar-refractivity contribution in [2.24, 2.45) is 0 Å². The number of nitrogens with one attached hydrogen (secondary N) is 1. The van der Waals surface area contributed by atoms with Gasteiger partial charge in [0.25, 0.3) is 0 Å². The van der Waals surface area contributed by atoms with E-state index in [1.54, 1.807) is 0 Å². The number of amides is 1. The quantitative estimate of drug-likeness (QED) is 0.582. The molecule has 1 N–H and O–H groups in total. The van der Waals surface area contributed by atoms with Crippen LogP contribution in [-0.2, 0) is 17.9 Å². The van der Waals surface area contributed by atoms with Crippen molar-refractivity contribution in [1.82, 2.24) is 10.2 Å². The first kappa shape index (κ1) is 21.2. The minimum Gasteiger partial charge on any atom is -0.490 e. The zero-order valence-electron chi connectivity index (χ0n) is 17.6. The molecule has 1 fully saturated rings. The number of hydrogen-bond acceptors (Lipinski definition) is 4. The molecule has 29 heavy (non-hydrogen) atoms. The van der Waals surface area contributed by atoms with E-state index in [0.717, 1.165) is 61.6 Å². The second-order valence-corrected chi connectivity index (χ2v) is 7.50. The molecule has 0 bridgehead atoms. The molecule has 0 radical (unpaired) electrons. The lowest BCUT2D eigenvalue weighted by Crippen LogP contribution is -2.28. The van der Waals surface area contributed by atoms with Crippen molar-refractivity contribution in [3.63, 3.8) is 0 Å². The summed E-state index contributed by atoms with van der Waals surface area (Å²) >= 11 is 0. The Morgan fingerprint density at radius 2 is 1.83 bits per heavy atom. The van der Waals surface area contributed by atoms with E-state index in [2.05, 4.69) is 42.6 Å². The van der Waals surface area contributed by atoms with Crippen molar-refractivity contribution in [2.45, 2.75) is 46.3 Å². The molecule has 3 rings (SSSR count). The average Bonchev–Trinajstić information content (AvgIpc) is 3.13. The van der Waals surface area contributed by atoms with Crippen molar-refractivity contribution < 1.29 is 14.3 Å². The number of benzene rings is 2. The van der Waals surface area contributed by atoms with E-state index in [1.165, 1.54) is 5.56 Å². The van der Waals surface area contributed by atoms with Crippen LogP contribution < -0.4 is 14.8 Å². The molecule has 2 aromatic rings. The predicted octanol–water partition coefficient (Wildman–Crippen LogP) is 4.07. The summed E-state index contributed by atoms with van der Waals surface area (Å²) in [6.07, 6.45) is 2.69. The van der Waals surface area contributed by atoms with Gasteiger partial charge in [-0.15, -0.1) is 0 Å². The highest BCUT2D eigenvalue weighted by atomic mass is 16.5. The third-order valence-corrected chi connectivity index (χ3v) is 5.10. The molecule has 1 aliphatic rings. The molecule has 0 unspecified atom stereocenters. The van der Waals surface area contributed by atoms with Gasteiger partial charge in [0.15, 0.2) is 11.5 Å². The Balaban J connectivity index is 1.47. The Morgan fingerprint density at radius 1 is 1.03 bits per heavy atom. The number of rotatable bonds is 11. The maximum absolute atomic E-state index is 11.6. The molecular weight excluding hydrogens is 364 g/mol. The van der Waals surface area contributed by atoms with Crippen LogP contribution in [-0.4, -0.2) is 37.0 Å². The highest BCUT2D eigenvalue weighted by Crippen LogP contribution is 2.29. The second kappa shape index (κ2) is 10.9. The number of nitrogens with zero attached hydrogens (tertiary/aromatic N) is 1. The van der Waals surface area contributed by atoms with E-state index in [1.807, 2.05) is 24.0 Å². The summed E-state index contributed by atoms with van der Waals surface area (Å²) in [7, 11) is 0. The molecule has 2 aromatic carbocycles. The fraction of sp³-hybridized carbons (Fsp3) is 0.458. The Hall–Kier alpha value is -2.53. The van der Waals surface area contributed by atoms with Crippen LogP contribution in [0.25, 0.3) is 0 Å². The molecule has 0 saturated carbocycles. The number of likely N-dealkylation sites (tertiary alicyclic amines) is 1. The third-order valence-electron chi connectivity index (χ3n) is 5.10. The average molecular weight is 397 g/mol.